The molecule has 0 aliphatic carbocycles. The molecule has 2 aromatic rings. The Morgan fingerprint density at radius 1 is 1.29 bits per heavy atom. The molecule has 0 spiro atoms. The minimum absolute atomic E-state index is 0.291. The Morgan fingerprint density at radius 3 is 2.79 bits per heavy atom. The van der Waals surface area contributed by atoms with E-state index in [-0.39, 0.29) is 0 Å². The van der Waals surface area contributed by atoms with Crippen molar-refractivity contribution in [3.8, 4) is 0 Å². The molecule has 0 saturated heterocycles. The maximum atomic E-state index is 11.0. The maximum absolute atomic E-state index is 11.0. The van der Waals surface area contributed by atoms with E-state index in [0.717, 1.165) is 6.07 Å². The van der Waals surface area contributed by atoms with Crippen molar-refractivity contribution in [2.75, 3.05) is 0 Å². The summed E-state index contributed by atoms with van der Waals surface area (Å²) < 4.78 is 4.89. The first kappa shape index (κ1) is 8.97. The fourth-order valence-corrected chi connectivity index (χ4v) is 1.43. The summed E-state index contributed by atoms with van der Waals surface area (Å²) in [6, 6.07) is 5.89. The van der Waals surface area contributed by atoms with Gasteiger partial charge < -0.3 is 4.42 Å². The van der Waals surface area contributed by atoms with Crippen LogP contribution >= 0.6 is 11.6 Å². The molecule has 4 heteroatoms. The molecule has 0 fully saturated rings. The summed E-state index contributed by atoms with van der Waals surface area (Å²) in [7, 11) is 0. The van der Waals surface area contributed by atoms with Crippen molar-refractivity contribution in [2.45, 2.75) is 0 Å². The average molecular weight is 209 g/mol. The maximum Gasteiger partial charge on any atom is 0.336 e. The summed E-state index contributed by atoms with van der Waals surface area (Å²) in [5.41, 5.74) is 0.115. The number of carbonyl (C=O) groups excluding carboxylic acids is 1. The van der Waals surface area contributed by atoms with Crippen LogP contribution in [-0.2, 0) is 0 Å². The van der Waals surface area contributed by atoms with Crippen molar-refractivity contribution in [1.29, 1.82) is 0 Å². The van der Waals surface area contributed by atoms with E-state index in [0.29, 0.717) is 27.8 Å². The molecule has 0 atom stereocenters. The van der Waals surface area contributed by atoms with Crippen LogP contribution in [0.4, 0.5) is 0 Å². The standard InChI is InChI=1S/C10H5ClO3/c11-7-1-2-9-8(4-7)6(5-12)3-10(13)14-9/h1-5H. The van der Waals surface area contributed by atoms with Crippen LogP contribution in [0.15, 0.2) is 33.5 Å². The van der Waals surface area contributed by atoms with Gasteiger partial charge in [0.05, 0.1) is 0 Å². The third-order valence-electron chi connectivity index (χ3n) is 1.86. The number of halogens is 1. The second-order valence-electron chi connectivity index (χ2n) is 2.78. The van der Waals surface area contributed by atoms with Gasteiger partial charge in [-0.3, -0.25) is 4.79 Å². The number of hydrogen-bond acceptors (Lipinski definition) is 3. The average Bonchev–Trinajstić information content (AvgIpc) is 2.17. The smallest absolute Gasteiger partial charge is 0.336 e. The third kappa shape index (κ3) is 1.42. The summed E-state index contributed by atoms with van der Waals surface area (Å²) in [5.74, 6) is 0. The van der Waals surface area contributed by atoms with Crippen LogP contribution in [0.2, 0.25) is 5.02 Å². The molecule has 0 N–H and O–H groups in total. The van der Waals surface area contributed by atoms with Gasteiger partial charge >= 0.3 is 5.63 Å². The number of benzene rings is 1. The minimum atomic E-state index is -0.540. The highest BCUT2D eigenvalue weighted by Crippen LogP contribution is 2.20. The molecule has 0 aliphatic heterocycles. The predicted molar refractivity (Wildman–Crippen MR) is 52.9 cm³/mol. The van der Waals surface area contributed by atoms with Crippen LogP contribution in [0.1, 0.15) is 10.4 Å². The number of fused-ring (bicyclic) bond motifs is 1. The van der Waals surface area contributed by atoms with Crippen molar-refractivity contribution in [3.63, 3.8) is 0 Å². The van der Waals surface area contributed by atoms with Gasteiger partial charge in [0, 0.05) is 22.0 Å². The first-order valence-electron chi connectivity index (χ1n) is 3.89. The summed E-state index contributed by atoms with van der Waals surface area (Å²) >= 11 is 5.75. The highest BCUT2D eigenvalue weighted by Gasteiger charge is 2.04. The van der Waals surface area contributed by atoms with Crippen LogP contribution < -0.4 is 5.63 Å². The first-order valence-corrected chi connectivity index (χ1v) is 4.27. The molecule has 0 bridgehead atoms. The lowest BCUT2D eigenvalue weighted by molar-refractivity contribution is 0.112. The zero-order valence-corrected chi connectivity index (χ0v) is 7.75. The van der Waals surface area contributed by atoms with E-state index in [1.807, 2.05) is 0 Å². The molecular formula is C10H5ClO3. The van der Waals surface area contributed by atoms with E-state index in [9.17, 15) is 9.59 Å². The monoisotopic (exact) mass is 208 g/mol. The van der Waals surface area contributed by atoms with Gasteiger partial charge in [0.1, 0.15) is 5.58 Å². The Hall–Kier alpha value is -1.61. The fraction of sp³-hybridized carbons (Fsp3) is 0. The van der Waals surface area contributed by atoms with Crippen molar-refractivity contribution < 1.29 is 9.21 Å². The predicted octanol–water partition coefficient (Wildman–Crippen LogP) is 2.26. The third-order valence-corrected chi connectivity index (χ3v) is 2.10. The highest BCUT2D eigenvalue weighted by molar-refractivity contribution is 6.31. The minimum Gasteiger partial charge on any atom is -0.423 e. The van der Waals surface area contributed by atoms with Gasteiger partial charge in [-0.2, -0.15) is 0 Å². The number of aldehydes is 1. The Bertz CT molecular complexity index is 557. The highest BCUT2D eigenvalue weighted by atomic mass is 35.5. The van der Waals surface area contributed by atoms with Gasteiger partial charge in [0.2, 0.25) is 0 Å². The Labute approximate surface area is 83.9 Å². The molecule has 2 rings (SSSR count). The molecule has 0 aliphatic rings. The molecule has 1 heterocycles. The van der Waals surface area contributed by atoms with Gasteiger partial charge in [-0.1, -0.05) is 11.6 Å². The molecule has 1 aromatic heterocycles. The molecule has 0 amide bonds. The zero-order valence-electron chi connectivity index (χ0n) is 6.99. The number of rotatable bonds is 1. The van der Waals surface area contributed by atoms with E-state index in [2.05, 4.69) is 0 Å². The normalized spacial score (nSPS) is 10.4. The van der Waals surface area contributed by atoms with Crippen molar-refractivity contribution >= 4 is 28.9 Å². The van der Waals surface area contributed by atoms with Crippen LogP contribution in [0.25, 0.3) is 11.0 Å². The van der Waals surface area contributed by atoms with Gasteiger partial charge in [-0.15, -0.1) is 0 Å². The topological polar surface area (TPSA) is 47.3 Å². The summed E-state index contributed by atoms with van der Waals surface area (Å²) in [6.45, 7) is 0. The van der Waals surface area contributed by atoms with E-state index in [1.54, 1.807) is 18.2 Å². The van der Waals surface area contributed by atoms with Crippen LogP contribution in [0.3, 0.4) is 0 Å². The van der Waals surface area contributed by atoms with E-state index >= 15 is 0 Å². The Kier molecular flexibility index (Phi) is 2.09. The van der Waals surface area contributed by atoms with E-state index in [1.165, 1.54) is 0 Å². The van der Waals surface area contributed by atoms with Crippen molar-refractivity contribution in [2.24, 2.45) is 0 Å². The molecular weight excluding hydrogens is 204 g/mol. The molecule has 1 aromatic carbocycles. The SMILES string of the molecule is O=Cc1cc(=O)oc2ccc(Cl)cc12. The van der Waals surface area contributed by atoms with Crippen LogP contribution in [-0.4, -0.2) is 6.29 Å². The zero-order chi connectivity index (χ0) is 10.1. The summed E-state index contributed by atoms with van der Waals surface area (Å²) in [5, 5.41) is 1.04. The summed E-state index contributed by atoms with van der Waals surface area (Å²) in [4.78, 5) is 21.6. The number of hydrogen-bond donors (Lipinski definition) is 0. The largest absolute Gasteiger partial charge is 0.423 e. The van der Waals surface area contributed by atoms with Gasteiger partial charge in [0.25, 0.3) is 0 Å². The van der Waals surface area contributed by atoms with Crippen molar-refractivity contribution in [3.05, 3.63) is 45.3 Å². The van der Waals surface area contributed by atoms with Gasteiger partial charge in [-0.05, 0) is 18.2 Å². The van der Waals surface area contributed by atoms with E-state index < -0.39 is 5.63 Å². The molecule has 0 saturated carbocycles. The Balaban J connectivity index is 2.95. The molecule has 14 heavy (non-hydrogen) atoms. The lowest BCUT2D eigenvalue weighted by Gasteiger charge is -1.98. The molecule has 0 unspecified atom stereocenters. The molecule has 0 radical (unpaired) electrons. The quantitative estimate of drug-likeness (QED) is 0.534. The Morgan fingerprint density at radius 2 is 2.07 bits per heavy atom. The first-order chi connectivity index (χ1) is 6.70. The summed E-state index contributed by atoms with van der Waals surface area (Å²) in [6.07, 6.45) is 0.607. The molecule has 3 nitrogen and oxygen atoms in total. The lowest BCUT2D eigenvalue weighted by Crippen LogP contribution is -1.99. The fourth-order valence-electron chi connectivity index (χ4n) is 1.26. The van der Waals surface area contributed by atoms with E-state index in [4.69, 9.17) is 16.0 Å². The van der Waals surface area contributed by atoms with Crippen LogP contribution in [0.5, 0.6) is 0 Å². The molecule has 70 valence electrons. The van der Waals surface area contributed by atoms with Gasteiger partial charge in [-0.25, -0.2) is 4.79 Å². The number of carbonyl (C=O) groups is 1. The lowest BCUT2D eigenvalue weighted by atomic mass is 10.1. The van der Waals surface area contributed by atoms with Crippen molar-refractivity contribution in [1.82, 2.24) is 0 Å². The second-order valence-corrected chi connectivity index (χ2v) is 3.22. The van der Waals surface area contributed by atoms with Crippen LogP contribution in [0, 0.1) is 0 Å². The van der Waals surface area contributed by atoms with Gasteiger partial charge in [0.15, 0.2) is 6.29 Å². The second kappa shape index (κ2) is 3.27.